The van der Waals surface area contributed by atoms with Crippen LogP contribution >= 0.6 is 0 Å². The molecular formula is C19H30O3. The molecule has 3 nitrogen and oxygen atoms in total. The lowest BCUT2D eigenvalue weighted by molar-refractivity contribution is -0.156. The monoisotopic (exact) mass is 306 g/mol. The highest BCUT2D eigenvalue weighted by Crippen LogP contribution is 2.63. The third-order valence-corrected chi connectivity index (χ3v) is 7.73. The summed E-state index contributed by atoms with van der Waals surface area (Å²) in [6.45, 7) is 5.56. The molecule has 3 aliphatic carbocycles. The van der Waals surface area contributed by atoms with Crippen molar-refractivity contribution in [1.29, 1.82) is 0 Å². The summed E-state index contributed by atoms with van der Waals surface area (Å²) in [5.41, 5.74) is 1.08. The van der Waals surface area contributed by atoms with Crippen LogP contribution in [0.1, 0.15) is 58.8 Å². The van der Waals surface area contributed by atoms with Crippen LogP contribution in [-0.4, -0.2) is 35.1 Å². The first-order chi connectivity index (χ1) is 10.4. The molecule has 124 valence electrons. The lowest BCUT2D eigenvalue weighted by Gasteiger charge is -2.59. The zero-order chi connectivity index (χ0) is 15.6. The first-order valence-electron chi connectivity index (χ1n) is 9.08. The highest BCUT2D eigenvalue weighted by Gasteiger charge is 2.59. The molecule has 1 heterocycles. The number of hydrogen-bond acceptors (Lipinski definition) is 3. The standard InChI is InChI=1S/C19H30O3/c1-17-9-6-14-13(16(17)22-11-10-17)4-5-15-18(14,2)7-3-8-19(15,21)12-20/h4,14-16,20-21H,3,5-12H2,1-2H3/t14-,15+,16-,17+,18+,19+/m0/s1. The van der Waals surface area contributed by atoms with Gasteiger partial charge in [-0.3, -0.25) is 0 Å². The molecule has 0 radical (unpaired) electrons. The Kier molecular flexibility index (Phi) is 3.32. The average Bonchev–Trinajstić information content (AvgIpc) is 2.89. The Hall–Kier alpha value is -0.380. The van der Waals surface area contributed by atoms with Crippen molar-refractivity contribution in [3.63, 3.8) is 0 Å². The van der Waals surface area contributed by atoms with Crippen molar-refractivity contribution < 1.29 is 14.9 Å². The summed E-state index contributed by atoms with van der Waals surface area (Å²) in [7, 11) is 0. The molecular weight excluding hydrogens is 276 g/mol. The highest BCUT2D eigenvalue weighted by molar-refractivity contribution is 5.29. The van der Waals surface area contributed by atoms with Crippen LogP contribution in [-0.2, 0) is 4.74 Å². The molecule has 4 aliphatic rings. The van der Waals surface area contributed by atoms with Crippen LogP contribution in [0.2, 0.25) is 0 Å². The van der Waals surface area contributed by atoms with E-state index in [-0.39, 0.29) is 17.9 Å². The molecule has 0 spiro atoms. The lowest BCUT2D eigenvalue weighted by Crippen LogP contribution is -2.58. The van der Waals surface area contributed by atoms with E-state index >= 15 is 0 Å². The van der Waals surface area contributed by atoms with E-state index in [1.54, 1.807) is 0 Å². The average molecular weight is 306 g/mol. The van der Waals surface area contributed by atoms with Gasteiger partial charge in [0.1, 0.15) is 0 Å². The van der Waals surface area contributed by atoms with Crippen LogP contribution in [0.15, 0.2) is 11.6 Å². The van der Waals surface area contributed by atoms with E-state index in [9.17, 15) is 10.2 Å². The number of allylic oxidation sites excluding steroid dienone is 1. The Morgan fingerprint density at radius 2 is 2.05 bits per heavy atom. The van der Waals surface area contributed by atoms with Gasteiger partial charge in [-0.2, -0.15) is 0 Å². The molecule has 3 heteroatoms. The number of fused-ring (bicyclic) bond motifs is 5. The summed E-state index contributed by atoms with van der Waals surface area (Å²) in [5.74, 6) is 0.721. The zero-order valence-corrected chi connectivity index (χ0v) is 14.0. The van der Waals surface area contributed by atoms with Crippen LogP contribution < -0.4 is 0 Å². The molecule has 0 unspecified atom stereocenters. The minimum Gasteiger partial charge on any atom is -0.393 e. The van der Waals surface area contributed by atoms with Gasteiger partial charge in [0, 0.05) is 6.61 Å². The number of ether oxygens (including phenoxy) is 1. The summed E-state index contributed by atoms with van der Waals surface area (Å²) in [5, 5.41) is 20.8. The molecule has 2 saturated carbocycles. The summed E-state index contributed by atoms with van der Waals surface area (Å²) >= 11 is 0. The van der Waals surface area contributed by atoms with Crippen LogP contribution in [0.5, 0.6) is 0 Å². The van der Waals surface area contributed by atoms with Crippen molar-refractivity contribution in [2.75, 3.05) is 13.2 Å². The van der Waals surface area contributed by atoms with Crippen molar-refractivity contribution in [3.8, 4) is 0 Å². The molecule has 1 aliphatic heterocycles. The van der Waals surface area contributed by atoms with Gasteiger partial charge in [-0.15, -0.1) is 0 Å². The van der Waals surface area contributed by atoms with Gasteiger partial charge >= 0.3 is 0 Å². The summed E-state index contributed by atoms with van der Waals surface area (Å²) in [6, 6.07) is 0. The van der Waals surface area contributed by atoms with Gasteiger partial charge in [0.05, 0.1) is 18.3 Å². The molecule has 22 heavy (non-hydrogen) atoms. The summed E-state index contributed by atoms with van der Waals surface area (Å²) in [6.07, 6.45) is 10.2. The van der Waals surface area contributed by atoms with E-state index in [0.717, 1.165) is 25.9 Å². The minimum atomic E-state index is -0.883. The van der Waals surface area contributed by atoms with Crippen molar-refractivity contribution >= 4 is 0 Å². The van der Waals surface area contributed by atoms with Crippen molar-refractivity contribution in [2.45, 2.75) is 70.5 Å². The summed E-state index contributed by atoms with van der Waals surface area (Å²) in [4.78, 5) is 0. The van der Waals surface area contributed by atoms with Gasteiger partial charge in [0.2, 0.25) is 0 Å². The number of aliphatic hydroxyl groups is 2. The Bertz CT molecular complexity index is 501. The Morgan fingerprint density at radius 3 is 2.82 bits per heavy atom. The maximum absolute atomic E-state index is 11.0. The predicted molar refractivity (Wildman–Crippen MR) is 85.4 cm³/mol. The van der Waals surface area contributed by atoms with E-state index in [0.29, 0.717) is 17.4 Å². The molecule has 0 aromatic heterocycles. The van der Waals surface area contributed by atoms with Gasteiger partial charge in [0.15, 0.2) is 0 Å². The van der Waals surface area contributed by atoms with Gasteiger partial charge in [-0.25, -0.2) is 0 Å². The van der Waals surface area contributed by atoms with E-state index < -0.39 is 5.60 Å². The van der Waals surface area contributed by atoms with Crippen LogP contribution in [0.3, 0.4) is 0 Å². The summed E-state index contributed by atoms with van der Waals surface area (Å²) < 4.78 is 6.15. The Balaban J connectivity index is 1.73. The van der Waals surface area contributed by atoms with Gasteiger partial charge in [-0.1, -0.05) is 19.9 Å². The topological polar surface area (TPSA) is 49.7 Å². The number of hydrogen-bond donors (Lipinski definition) is 2. The SMILES string of the molecule is C[C@@]12CCO[C@H]1C1=CC[C@H]3[C@](O)(CO)CCC[C@]3(C)[C@H]1CC2. The quantitative estimate of drug-likeness (QED) is 0.732. The fourth-order valence-corrected chi connectivity index (χ4v) is 6.37. The second-order valence-electron chi connectivity index (χ2n) is 8.86. The molecule has 0 amide bonds. The van der Waals surface area contributed by atoms with E-state index in [4.69, 9.17) is 4.74 Å². The fourth-order valence-electron chi connectivity index (χ4n) is 6.37. The molecule has 3 fully saturated rings. The first-order valence-corrected chi connectivity index (χ1v) is 9.08. The minimum absolute atomic E-state index is 0.0964. The second kappa shape index (κ2) is 4.81. The van der Waals surface area contributed by atoms with Crippen molar-refractivity contribution in [2.24, 2.45) is 22.7 Å². The lowest BCUT2D eigenvalue weighted by atomic mass is 9.47. The van der Waals surface area contributed by atoms with Crippen LogP contribution in [0, 0.1) is 22.7 Å². The number of aliphatic hydroxyl groups excluding tert-OH is 1. The van der Waals surface area contributed by atoms with E-state index in [2.05, 4.69) is 19.9 Å². The maximum atomic E-state index is 11.0. The Labute approximate surface area is 133 Å². The number of rotatable bonds is 1. The van der Waals surface area contributed by atoms with Gasteiger partial charge in [0.25, 0.3) is 0 Å². The van der Waals surface area contributed by atoms with Gasteiger partial charge < -0.3 is 14.9 Å². The van der Waals surface area contributed by atoms with Gasteiger partial charge in [-0.05, 0) is 73.2 Å². The third kappa shape index (κ3) is 1.85. The van der Waals surface area contributed by atoms with Crippen LogP contribution in [0.4, 0.5) is 0 Å². The molecule has 2 N–H and O–H groups in total. The van der Waals surface area contributed by atoms with E-state index in [1.807, 2.05) is 0 Å². The van der Waals surface area contributed by atoms with E-state index in [1.165, 1.54) is 31.3 Å². The molecule has 6 atom stereocenters. The molecule has 1 saturated heterocycles. The maximum Gasteiger partial charge on any atom is 0.0913 e. The largest absolute Gasteiger partial charge is 0.393 e. The molecule has 4 rings (SSSR count). The first kappa shape index (κ1) is 15.2. The second-order valence-corrected chi connectivity index (χ2v) is 8.86. The zero-order valence-electron chi connectivity index (χ0n) is 14.0. The van der Waals surface area contributed by atoms with Crippen molar-refractivity contribution in [1.82, 2.24) is 0 Å². The molecule has 0 bridgehead atoms. The Morgan fingerprint density at radius 1 is 1.23 bits per heavy atom. The van der Waals surface area contributed by atoms with Crippen molar-refractivity contribution in [3.05, 3.63) is 11.6 Å². The fraction of sp³-hybridized carbons (Fsp3) is 0.895. The smallest absolute Gasteiger partial charge is 0.0913 e. The highest BCUT2D eigenvalue weighted by atomic mass is 16.5. The normalized spacial score (nSPS) is 54.2. The van der Waals surface area contributed by atoms with Crippen LogP contribution in [0.25, 0.3) is 0 Å². The third-order valence-electron chi connectivity index (χ3n) is 7.73. The molecule has 0 aromatic carbocycles. The predicted octanol–water partition coefficient (Wildman–Crippen LogP) is 3.05. The molecule has 0 aromatic rings.